The molecule has 1 aromatic carbocycles. The lowest BCUT2D eigenvalue weighted by molar-refractivity contribution is 0.0651. The molecule has 108 valence electrons. The first-order valence-electron chi connectivity index (χ1n) is 7.41. The van der Waals surface area contributed by atoms with Crippen molar-refractivity contribution in [1.29, 1.82) is 0 Å². The summed E-state index contributed by atoms with van der Waals surface area (Å²) in [6.07, 6.45) is 6.82. The number of carbonyl (C=O) groups excluding carboxylic acids is 2. The van der Waals surface area contributed by atoms with Gasteiger partial charge in [0.05, 0.1) is 11.1 Å². The lowest BCUT2D eigenvalue weighted by atomic mass is 10.1. The number of nitrogens with zero attached hydrogens (tertiary/aromatic N) is 1. The summed E-state index contributed by atoms with van der Waals surface area (Å²) in [5.41, 5.74) is 7.12. The number of benzene rings is 1. The van der Waals surface area contributed by atoms with Gasteiger partial charge in [0.2, 0.25) is 0 Å². The van der Waals surface area contributed by atoms with Gasteiger partial charge in [0.25, 0.3) is 11.8 Å². The van der Waals surface area contributed by atoms with Crippen molar-refractivity contribution in [3.63, 3.8) is 0 Å². The van der Waals surface area contributed by atoms with E-state index in [0.717, 1.165) is 12.8 Å². The second kappa shape index (κ2) is 6.55. The third kappa shape index (κ3) is 3.00. The number of carbonyl (C=O) groups is 2. The molecule has 4 heteroatoms. The number of rotatable bonds is 7. The van der Waals surface area contributed by atoms with Crippen LogP contribution in [-0.4, -0.2) is 23.3 Å². The van der Waals surface area contributed by atoms with E-state index in [4.69, 9.17) is 5.73 Å². The van der Waals surface area contributed by atoms with Gasteiger partial charge in [-0.25, -0.2) is 0 Å². The second-order valence-corrected chi connectivity index (χ2v) is 5.33. The molecule has 1 aliphatic heterocycles. The van der Waals surface area contributed by atoms with Crippen molar-refractivity contribution in [2.24, 2.45) is 0 Å². The minimum atomic E-state index is -0.203. The highest BCUT2D eigenvalue weighted by molar-refractivity contribution is 6.21. The number of hydrogen-bond acceptors (Lipinski definition) is 3. The molecule has 0 fully saturated rings. The SMILES string of the molecule is CCCCCCCCN1C(=O)c2ccc(N)cc2C1=O. The number of nitrogens with two attached hydrogens (primary N) is 1. The quantitative estimate of drug-likeness (QED) is 0.471. The van der Waals surface area contributed by atoms with Crippen molar-refractivity contribution < 1.29 is 9.59 Å². The van der Waals surface area contributed by atoms with E-state index in [9.17, 15) is 9.59 Å². The number of anilines is 1. The van der Waals surface area contributed by atoms with Crippen LogP contribution in [0.3, 0.4) is 0 Å². The Morgan fingerprint density at radius 3 is 2.35 bits per heavy atom. The zero-order valence-electron chi connectivity index (χ0n) is 12.0. The normalized spacial score (nSPS) is 13.9. The van der Waals surface area contributed by atoms with Crippen LogP contribution in [0, 0.1) is 0 Å². The molecule has 0 radical (unpaired) electrons. The van der Waals surface area contributed by atoms with Crippen molar-refractivity contribution in [2.75, 3.05) is 12.3 Å². The third-order valence-electron chi connectivity index (χ3n) is 3.73. The summed E-state index contributed by atoms with van der Waals surface area (Å²) in [5.74, 6) is -0.385. The Morgan fingerprint density at radius 2 is 1.60 bits per heavy atom. The summed E-state index contributed by atoms with van der Waals surface area (Å²) in [5, 5.41) is 0. The molecule has 0 saturated carbocycles. The van der Waals surface area contributed by atoms with Crippen LogP contribution in [0.2, 0.25) is 0 Å². The zero-order valence-corrected chi connectivity index (χ0v) is 12.0. The van der Waals surface area contributed by atoms with Gasteiger partial charge in [-0.15, -0.1) is 0 Å². The first kappa shape index (κ1) is 14.6. The third-order valence-corrected chi connectivity index (χ3v) is 3.73. The molecule has 4 nitrogen and oxygen atoms in total. The molecule has 0 spiro atoms. The fourth-order valence-electron chi connectivity index (χ4n) is 2.56. The lowest BCUT2D eigenvalue weighted by Gasteiger charge is -2.13. The van der Waals surface area contributed by atoms with Gasteiger partial charge in [-0.3, -0.25) is 14.5 Å². The Hall–Kier alpha value is -1.84. The average molecular weight is 274 g/mol. The van der Waals surface area contributed by atoms with Crippen LogP contribution in [0.5, 0.6) is 0 Å². The van der Waals surface area contributed by atoms with E-state index >= 15 is 0 Å². The zero-order chi connectivity index (χ0) is 14.5. The maximum Gasteiger partial charge on any atom is 0.261 e. The summed E-state index contributed by atoms with van der Waals surface area (Å²) in [4.78, 5) is 25.7. The summed E-state index contributed by atoms with van der Waals surface area (Å²) in [6, 6.07) is 4.90. The van der Waals surface area contributed by atoms with Crippen molar-refractivity contribution in [3.05, 3.63) is 29.3 Å². The van der Waals surface area contributed by atoms with Crippen LogP contribution in [-0.2, 0) is 0 Å². The second-order valence-electron chi connectivity index (χ2n) is 5.33. The highest BCUT2D eigenvalue weighted by atomic mass is 16.2. The van der Waals surface area contributed by atoms with Crippen LogP contribution < -0.4 is 5.73 Å². The van der Waals surface area contributed by atoms with Crippen molar-refractivity contribution in [3.8, 4) is 0 Å². The van der Waals surface area contributed by atoms with Crippen molar-refractivity contribution in [2.45, 2.75) is 45.4 Å². The van der Waals surface area contributed by atoms with Gasteiger partial charge in [0, 0.05) is 12.2 Å². The predicted molar refractivity (Wildman–Crippen MR) is 79.6 cm³/mol. The number of fused-ring (bicyclic) bond motifs is 1. The van der Waals surface area contributed by atoms with Crippen LogP contribution >= 0.6 is 0 Å². The average Bonchev–Trinajstić information content (AvgIpc) is 2.67. The van der Waals surface area contributed by atoms with Crippen LogP contribution in [0.1, 0.15) is 66.2 Å². The monoisotopic (exact) mass is 274 g/mol. The van der Waals surface area contributed by atoms with Gasteiger partial charge in [0.1, 0.15) is 0 Å². The molecule has 2 rings (SSSR count). The maximum absolute atomic E-state index is 12.2. The van der Waals surface area contributed by atoms with Gasteiger partial charge in [-0.2, -0.15) is 0 Å². The molecule has 0 atom stereocenters. The van der Waals surface area contributed by atoms with Crippen molar-refractivity contribution >= 4 is 17.5 Å². The van der Waals surface area contributed by atoms with Gasteiger partial charge < -0.3 is 5.73 Å². The molecule has 0 saturated heterocycles. The fourth-order valence-corrected chi connectivity index (χ4v) is 2.56. The Balaban J connectivity index is 1.89. The molecule has 1 aliphatic rings. The molecule has 0 aliphatic carbocycles. The van der Waals surface area contributed by atoms with E-state index in [-0.39, 0.29) is 11.8 Å². The van der Waals surface area contributed by atoms with Gasteiger partial charge in [-0.05, 0) is 24.6 Å². The predicted octanol–water partition coefficient (Wildman–Crippen LogP) is 3.23. The first-order chi connectivity index (χ1) is 9.65. The molecule has 2 amide bonds. The maximum atomic E-state index is 12.2. The number of unbranched alkanes of at least 4 members (excludes halogenated alkanes) is 5. The number of hydrogen-bond donors (Lipinski definition) is 1. The summed E-state index contributed by atoms with van der Waals surface area (Å²) in [7, 11) is 0. The number of imide groups is 1. The molecular formula is C16H22N2O2. The molecule has 0 unspecified atom stereocenters. The van der Waals surface area contributed by atoms with E-state index in [1.165, 1.54) is 30.6 Å². The topological polar surface area (TPSA) is 63.4 Å². The number of nitrogen functional groups attached to an aromatic ring is 1. The van der Waals surface area contributed by atoms with Gasteiger partial charge in [0.15, 0.2) is 0 Å². The minimum absolute atomic E-state index is 0.182. The highest BCUT2D eigenvalue weighted by Gasteiger charge is 2.34. The molecule has 0 bridgehead atoms. The summed E-state index contributed by atoms with van der Waals surface area (Å²) >= 11 is 0. The smallest absolute Gasteiger partial charge is 0.261 e. The molecule has 2 N–H and O–H groups in total. The molecule has 0 aromatic heterocycles. The summed E-state index contributed by atoms with van der Waals surface area (Å²) < 4.78 is 0. The molecule has 20 heavy (non-hydrogen) atoms. The molecule has 1 aromatic rings. The summed E-state index contributed by atoms with van der Waals surface area (Å²) in [6.45, 7) is 2.70. The lowest BCUT2D eigenvalue weighted by Crippen LogP contribution is -2.30. The number of amides is 2. The van der Waals surface area contributed by atoms with E-state index < -0.39 is 0 Å². The van der Waals surface area contributed by atoms with E-state index in [1.807, 2.05) is 0 Å². The minimum Gasteiger partial charge on any atom is -0.399 e. The van der Waals surface area contributed by atoms with Crippen molar-refractivity contribution in [1.82, 2.24) is 4.90 Å². The van der Waals surface area contributed by atoms with E-state index in [1.54, 1.807) is 18.2 Å². The van der Waals surface area contributed by atoms with Gasteiger partial charge in [-0.1, -0.05) is 39.0 Å². The van der Waals surface area contributed by atoms with E-state index in [0.29, 0.717) is 23.4 Å². The molecule has 1 heterocycles. The Morgan fingerprint density at radius 1 is 0.950 bits per heavy atom. The Kier molecular flexibility index (Phi) is 4.77. The van der Waals surface area contributed by atoms with Crippen LogP contribution in [0.4, 0.5) is 5.69 Å². The van der Waals surface area contributed by atoms with Gasteiger partial charge >= 0.3 is 0 Å². The Bertz CT molecular complexity index is 511. The first-order valence-corrected chi connectivity index (χ1v) is 7.41. The van der Waals surface area contributed by atoms with E-state index in [2.05, 4.69) is 6.92 Å². The Labute approximate surface area is 119 Å². The fraction of sp³-hybridized carbons (Fsp3) is 0.500. The van der Waals surface area contributed by atoms with Crippen LogP contribution in [0.25, 0.3) is 0 Å². The highest BCUT2D eigenvalue weighted by Crippen LogP contribution is 2.25. The largest absolute Gasteiger partial charge is 0.399 e. The molecular weight excluding hydrogens is 252 g/mol. The van der Waals surface area contributed by atoms with Crippen LogP contribution in [0.15, 0.2) is 18.2 Å². The standard InChI is InChI=1S/C16H22N2O2/c1-2-3-4-5-6-7-10-18-15(19)13-9-8-12(17)11-14(13)16(18)20/h8-9,11H,2-7,10,17H2,1H3.